The molecule has 30 heavy (non-hydrogen) atoms. The van der Waals surface area contributed by atoms with E-state index in [1.807, 2.05) is 48.5 Å². The van der Waals surface area contributed by atoms with Crippen molar-refractivity contribution >= 4 is 41.8 Å². The second-order valence-electron chi connectivity index (χ2n) is 6.97. The summed E-state index contributed by atoms with van der Waals surface area (Å²) in [6.07, 6.45) is 4.20. The lowest BCUT2D eigenvalue weighted by Gasteiger charge is -2.25. The predicted molar refractivity (Wildman–Crippen MR) is 126 cm³/mol. The minimum absolute atomic E-state index is 0.466. The van der Waals surface area contributed by atoms with Crippen LogP contribution in [-0.2, 0) is 0 Å². The molecule has 4 heteroatoms. The average Bonchev–Trinajstić information content (AvgIpc) is 2.80. The van der Waals surface area contributed by atoms with Crippen LogP contribution in [0.5, 0.6) is 0 Å². The Morgan fingerprint density at radius 3 is 1.47 bits per heavy atom. The van der Waals surface area contributed by atoms with E-state index in [4.69, 9.17) is 0 Å². The topological polar surface area (TPSA) is 43.7 Å². The van der Waals surface area contributed by atoms with Gasteiger partial charge < -0.3 is 14.9 Å². The zero-order valence-corrected chi connectivity index (χ0v) is 16.5. The lowest BCUT2D eigenvalue weighted by molar-refractivity contribution is 0.426. The Morgan fingerprint density at radius 1 is 0.500 bits per heavy atom. The van der Waals surface area contributed by atoms with Crippen molar-refractivity contribution in [3.63, 3.8) is 0 Å². The van der Waals surface area contributed by atoms with Gasteiger partial charge in [0.2, 0.25) is 0 Å². The highest BCUT2D eigenvalue weighted by Crippen LogP contribution is 2.34. The van der Waals surface area contributed by atoms with E-state index in [-0.39, 0.29) is 0 Å². The second-order valence-corrected chi connectivity index (χ2v) is 6.97. The summed E-state index contributed by atoms with van der Waals surface area (Å²) < 4.78 is 0. The Balaban J connectivity index is 1.65. The molecule has 0 saturated carbocycles. The van der Waals surface area contributed by atoms with Gasteiger partial charge in [0.25, 0.3) is 0 Å². The van der Waals surface area contributed by atoms with Gasteiger partial charge in [0.15, 0.2) is 0 Å². The average molecular weight is 391 g/mol. The van der Waals surface area contributed by atoms with Gasteiger partial charge in [0, 0.05) is 17.1 Å². The molecule has 4 aromatic carbocycles. The zero-order chi connectivity index (χ0) is 20.8. The van der Waals surface area contributed by atoms with Gasteiger partial charge in [0.1, 0.15) is 0 Å². The molecule has 146 valence electrons. The summed E-state index contributed by atoms with van der Waals surface area (Å²) in [5, 5.41) is 18.8. The lowest BCUT2D eigenvalue weighted by atomic mass is 9.80. The van der Waals surface area contributed by atoms with Crippen molar-refractivity contribution in [2.24, 2.45) is 0 Å². The van der Waals surface area contributed by atoms with Gasteiger partial charge in [-0.3, -0.25) is 0 Å². The number of hydrogen-bond acceptors (Lipinski definition) is 3. The standard InChI is InChI=1S/C26H22BNO2/c29-27(30)23-15-19-26(20-16-23)28(24-9-5-2-6-10-24)25-17-13-22(14-18-25)12-11-21-7-3-1-4-8-21/h1-20,29-30H/b12-11+. The van der Waals surface area contributed by atoms with Crippen LogP contribution in [0.2, 0.25) is 0 Å². The molecule has 0 aliphatic carbocycles. The monoisotopic (exact) mass is 391 g/mol. The van der Waals surface area contributed by atoms with Crippen molar-refractivity contribution in [3.8, 4) is 0 Å². The fraction of sp³-hybridized carbons (Fsp3) is 0. The van der Waals surface area contributed by atoms with Crippen molar-refractivity contribution < 1.29 is 10.0 Å². The summed E-state index contributed by atoms with van der Waals surface area (Å²) in [7, 11) is -1.47. The van der Waals surface area contributed by atoms with E-state index in [1.54, 1.807) is 12.1 Å². The molecule has 4 aromatic rings. The summed E-state index contributed by atoms with van der Waals surface area (Å²) in [5.74, 6) is 0. The summed E-state index contributed by atoms with van der Waals surface area (Å²) in [6.45, 7) is 0. The summed E-state index contributed by atoms with van der Waals surface area (Å²) >= 11 is 0. The van der Waals surface area contributed by atoms with Gasteiger partial charge in [-0.1, -0.05) is 84.9 Å². The number of anilines is 3. The third-order valence-electron chi connectivity index (χ3n) is 4.88. The van der Waals surface area contributed by atoms with Crippen molar-refractivity contribution in [2.75, 3.05) is 4.90 Å². The highest BCUT2D eigenvalue weighted by molar-refractivity contribution is 6.58. The minimum atomic E-state index is -1.47. The minimum Gasteiger partial charge on any atom is -0.423 e. The molecule has 0 aromatic heterocycles. The third-order valence-corrected chi connectivity index (χ3v) is 4.88. The van der Waals surface area contributed by atoms with E-state index >= 15 is 0 Å². The van der Waals surface area contributed by atoms with Crippen LogP contribution in [0.25, 0.3) is 12.2 Å². The van der Waals surface area contributed by atoms with Crippen LogP contribution >= 0.6 is 0 Å². The first kappa shape index (κ1) is 19.7. The van der Waals surface area contributed by atoms with Gasteiger partial charge in [0.05, 0.1) is 0 Å². The molecule has 0 unspecified atom stereocenters. The molecule has 0 aliphatic rings. The predicted octanol–water partition coefficient (Wildman–Crippen LogP) is 5.01. The molecule has 0 aliphatic heterocycles. The Kier molecular flexibility index (Phi) is 6.09. The summed E-state index contributed by atoms with van der Waals surface area (Å²) in [4.78, 5) is 2.14. The Bertz CT molecular complexity index is 1090. The molecule has 0 heterocycles. The molecule has 2 N–H and O–H groups in total. The van der Waals surface area contributed by atoms with E-state index in [9.17, 15) is 10.0 Å². The lowest BCUT2D eigenvalue weighted by Crippen LogP contribution is -2.29. The number of para-hydroxylation sites is 1. The van der Waals surface area contributed by atoms with E-state index in [2.05, 4.69) is 65.6 Å². The molecular formula is C26H22BNO2. The number of benzene rings is 4. The van der Waals surface area contributed by atoms with Crippen molar-refractivity contribution in [3.05, 3.63) is 120 Å². The van der Waals surface area contributed by atoms with Crippen LogP contribution in [0.1, 0.15) is 11.1 Å². The fourth-order valence-electron chi connectivity index (χ4n) is 3.31. The van der Waals surface area contributed by atoms with Crippen LogP contribution in [0.15, 0.2) is 109 Å². The maximum atomic E-state index is 9.39. The summed E-state index contributed by atoms with van der Waals surface area (Å²) in [5.41, 5.74) is 5.75. The summed E-state index contributed by atoms with van der Waals surface area (Å²) in [6, 6.07) is 35.9. The van der Waals surface area contributed by atoms with Crippen molar-refractivity contribution in [1.82, 2.24) is 0 Å². The maximum absolute atomic E-state index is 9.39. The third kappa shape index (κ3) is 4.69. The quantitative estimate of drug-likeness (QED) is 0.359. The SMILES string of the molecule is OB(O)c1ccc(N(c2ccccc2)c2ccc(/C=C/c3ccccc3)cc2)cc1. The molecule has 0 saturated heterocycles. The Hall–Kier alpha value is -3.60. The fourth-order valence-corrected chi connectivity index (χ4v) is 3.31. The molecule has 0 fully saturated rings. The normalized spacial score (nSPS) is 10.9. The smallest absolute Gasteiger partial charge is 0.423 e. The van der Waals surface area contributed by atoms with E-state index in [1.165, 1.54) is 5.56 Å². The maximum Gasteiger partial charge on any atom is 0.488 e. The largest absolute Gasteiger partial charge is 0.488 e. The van der Waals surface area contributed by atoms with Gasteiger partial charge in [-0.2, -0.15) is 0 Å². The van der Waals surface area contributed by atoms with E-state index in [0.29, 0.717) is 5.46 Å². The van der Waals surface area contributed by atoms with Crippen molar-refractivity contribution in [1.29, 1.82) is 0 Å². The second kappa shape index (κ2) is 9.27. The molecular weight excluding hydrogens is 369 g/mol. The van der Waals surface area contributed by atoms with Gasteiger partial charge in [-0.25, -0.2) is 0 Å². The first-order valence-electron chi connectivity index (χ1n) is 9.85. The first-order valence-corrected chi connectivity index (χ1v) is 9.85. The molecule has 0 amide bonds. The highest BCUT2D eigenvalue weighted by atomic mass is 16.4. The van der Waals surface area contributed by atoms with Crippen LogP contribution in [0.4, 0.5) is 17.1 Å². The van der Waals surface area contributed by atoms with Crippen LogP contribution in [0, 0.1) is 0 Å². The van der Waals surface area contributed by atoms with Gasteiger partial charge in [-0.05, 0) is 53.0 Å². The van der Waals surface area contributed by atoms with Gasteiger partial charge >= 0.3 is 7.12 Å². The number of nitrogens with zero attached hydrogens (tertiary/aromatic N) is 1. The highest BCUT2D eigenvalue weighted by Gasteiger charge is 2.14. The first-order chi connectivity index (χ1) is 14.7. The molecule has 0 bridgehead atoms. The van der Waals surface area contributed by atoms with E-state index in [0.717, 1.165) is 22.6 Å². The van der Waals surface area contributed by atoms with Gasteiger partial charge in [-0.15, -0.1) is 0 Å². The number of hydrogen-bond donors (Lipinski definition) is 2. The molecule has 3 nitrogen and oxygen atoms in total. The Labute approximate surface area is 177 Å². The van der Waals surface area contributed by atoms with Crippen molar-refractivity contribution in [2.45, 2.75) is 0 Å². The molecule has 0 atom stereocenters. The van der Waals surface area contributed by atoms with Crippen LogP contribution in [0.3, 0.4) is 0 Å². The zero-order valence-electron chi connectivity index (χ0n) is 16.5. The Morgan fingerprint density at radius 2 is 0.933 bits per heavy atom. The number of rotatable bonds is 6. The molecule has 4 rings (SSSR count). The van der Waals surface area contributed by atoms with Crippen LogP contribution < -0.4 is 10.4 Å². The molecule has 0 radical (unpaired) electrons. The molecule has 0 spiro atoms. The van der Waals surface area contributed by atoms with E-state index < -0.39 is 7.12 Å². The van der Waals surface area contributed by atoms with Crippen LogP contribution in [-0.4, -0.2) is 17.2 Å².